The molecule has 0 unspecified atom stereocenters. The normalized spacial score (nSPS) is 11.8. The SMILES string of the molecule is CCCOc1c(C(=O)N/N=C/c2ccc3c(c2)c2ccccc2n3CC)sc(C(=O)N/N=C/c2ccc3c(c2)c2ccccc2n3CC)c1OCCC. The average Bonchev–Trinajstić information content (AvgIpc) is 3.83. The Bertz CT molecular complexity index is 2350. The van der Waals surface area contributed by atoms with Gasteiger partial charge in [-0.05, 0) is 74.2 Å². The second-order valence-electron chi connectivity index (χ2n) is 12.6. The van der Waals surface area contributed by atoms with E-state index in [9.17, 15) is 9.59 Å². The van der Waals surface area contributed by atoms with Gasteiger partial charge in [-0.1, -0.05) is 62.4 Å². The van der Waals surface area contributed by atoms with Crippen LogP contribution in [-0.4, -0.2) is 46.6 Å². The number of fused-ring (bicyclic) bond motifs is 6. The molecule has 11 heteroatoms. The molecule has 270 valence electrons. The van der Waals surface area contributed by atoms with E-state index in [1.165, 1.54) is 11.0 Å². The lowest BCUT2D eigenvalue weighted by atomic mass is 10.1. The number of carbonyl (C=O) groups excluding carboxylic acids is 2. The van der Waals surface area contributed by atoms with E-state index < -0.39 is 11.8 Å². The lowest BCUT2D eigenvalue weighted by Crippen LogP contribution is -2.17. The first-order valence-electron chi connectivity index (χ1n) is 18.1. The molecule has 0 radical (unpaired) electrons. The Hall–Kier alpha value is -5.94. The zero-order valence-electron chi connectivity index (χ0n) is 30.3. The molecule has 53 heavy (non-hydrogen) atoms. The summed E-state index contributed by atoms with van der Waals surface area (Å²) in [7, 11) is 0. The number of nitrogens with zero attached hydrogens (tertiary/aromatic N) is 4. The van der Waals surface area contributed by atoms with Crippen molar-refractivity contribution in [1.29, 1.82) is 0 Å². The number of amides is 2. The maximum atomic E-state index is 13.6. The van der Waals surface area contributed by atoms with Gasteiger partial charge in [-0.15, -0.1) is 11.3 Å². The van der Waals surface area contributed by atoms with E-state index in [1.807, 2.05) is 50.2 Å². The zero-order valence-corrected chi connectivity index (χ0v) is 31.1. The number of hydrogen-bond donors (Lipinski definition) is 2. The quantitative estimate of drug-likeness (QED) is 0.0860. The van der Waals surface area contributed by atoms with Gasteiger partial charge in [-0.2, -0.15) is 10.2 Å². The van der Waals surface area contributed by atoms with Gasteiger partial charge in [0.25, 0.3) is 11.8 Å². The number of hydrogen-bond acceptors (Lipinski definition) is 7. The van der Waals surface area contributed by atoms with Crippen LogP contribution in [0.3, 0.4) is 0 Å². The Balaban J connectivity index is 1.13. The van der Waals surface area contributed by atoms with Gasteiger partial charge < -0.3 is 18.6 Å². The molecule has 0 aliphatic heterocycles. The van der Waals surface area contributed by atoms with Crippen molar-refractivity contribution in [2.24, 2.45) is 10.2 Å². The van der Waals surface area contributed by atoms with Gasteiger partial charge in [0.2, 0.25) is 0 Å². The predicted molar refractivity (Wildman–Crippen MR) is 216 cm³/mol. The van der Waals surface area contributed by atoms with Crippen LogP contribution in [0.4, 0.5) is 0 Å². The van der Waals surface area contributed by atoms with Crippen LogP contribution in [0.5, 0.6) is 11.5 Å². The van der Waals surface area contributed by atoms with Crippen molar-refractivity contribution in [3.8, 4) is 11.5 Å². The number of thiophene rings is 1. The van der Waals surface area contributed by atoms with Crippen molar-refractivity contribution in [2.45, 2.75) is 53.6 Å². The summed E-state index contributed by atoms with van der Waals surface area (Å²) in [5.74, 6) is -0.577. The minimum atomic E-state index is -0.510. The van der Waals surface area contributed by atoms with Crippen molar-refractivity contribution in [3.05, 3.63) is 106 Å². The number of rotatable bonds is 14. The maximum absolute atomic E-state index is 13.6. The summed E-state index contributed by atoms with van der Waals surface area (Å²) >= 11 is 0.985. The number of carbonyl (C=O) groups is 2. The molecule has 0 aliphatic rings. The molecular weight excluding hydrogens is 685 g/mol. The van der Waals surface area contributed by atoms with E-state index in [-0.39, 0.29) is 21.3 Å². The molecule has 0 bridgehead atoms. The fourth-order valence-corrected chi connectivity index (χ4v) is 7.76. The van der Waals surface area contributed by atoms with Crippen molar-refractivity contribution in [1.82, 2.24) is 20.0 Å². The third-order valence-corrected chi connectivity index (χ3v) is 10.3. The van der Waals surface area contributed by atoms with E-state index in [4.69, 9.17) is 9.47 Å². The lowest BCUT2D eigenvalue weighted by Gasteiger charge is -2.10. The fourth-order valence-electron chi connectivity index (χ4n) is 6.79. The van der Waals surface area contributed by atoms with Crippen molar-refractivity contribution >= 4 is 79.2 Å². The predicted octanol–water partition coefficient (Wildman–Crippen LogP) is 9.11. The van der Waals surface area contributed by atoms with Gasteiger partial charge in [0.1, 0.15) is 9.75 Å². The second-order valence-corrected chi connectivity index (χ2v) is 13.6. The summed E-state index contributed by atoms with van der Waals surface area (Å²) in [6, 6.07) is 28.9. The number of benzene rings is 4. The van der Waals surface area contributed by atoms with Crippen LogP contribution in [0.25, 0.3) is 43.6 Å². The Morgan fingerprint density at radius 2 is 1.02 bits per heavy atom. The fraction of sp³-hybridized carbons (Fsp3) is 0.238. The van der Waals surface area contributed by atoms with E-state index in [1.54, 1.807) is 12.4 Å². The highest BCUT2D eigenvalue weighted by Crippen LogP contribution is 2.43. The van der Waals surface area contributed by atoms with Crippen LogP contribution < -0.4 is 20.3 Å². The van der Waals surface area contributed by atoms with Crippen LogP contribution in [0, 0.1) is 0 Å². The smallest absolute Gasteiger partial charge is 0.285 e. The van der Waals surface area contributed by atoms with Crippen LogP contribution in [0.2, 0.25) is 0 Å². The first-order valence-corrected chi connectivity index (χ1v) is 18.9. The molecule has 3 heterocycles. The highest BCUT2D eigenvalue weighted by molar-refractivity contribution is 7.16. The van der Waals surface area contributed by atoms with E-state index in [2.05, 4.69) is 92.6 Å². The van der Waals surface area contributed by atoms with Crippen molar-refractivity contribution < 1.29 is 19.1 Å². The number of aromatic nitrogens is 2. The van der Waals surface area contributed by atoms with Crippen molar-refractivity contribution in [2.75, 3.05) is 13.2 Å². The number of nitrogens with one attached hydrogen (secondary N) is 2. The van der Waals surface area contributed by atoms with Gasteiger partial charge >= 0.3 is 0 Å². The molecule has 2 N–H and O–H groups in total. The highest BCUT2D eigenvalue weighted by atomic mass is 32.1. The molecule has 4 aromatic carbocycles. The molecule has 0 aliphatic carbocycles. The number of para-hydroxylation sites is 2. The summed E-state index contributed by atoms with van der Waals surface area (Å²) in [4.78, 5) is 27.6. The second kappa shape index (κ2) is 15.7. The molecule has 3 aromatic heterocycles. The van der Waals surface area contributed by atoms with Crippen LogP contribution in [0.15, 0.2) is 95.1 Å². The Morgan fingerprint density at radius 3 is 1.43 bits per heavy atom. The third kappa shape index (κ3) is 6.87. The molecule has 0 atom stereocenters. The van der Waals surface area contributed by atoms with E-state index in [0.717, 1.165) is 68.1 Å². The third-order valence-electron chi connectivity index (χ3n) is 9.12. The Kier molecular flexibility index (Phi) is 10.5. The topological polar surface area (TPSA) is 111 Å². The Morgan fingerprint density at radius 1 is 0.604 bits per heavy atom. The molecule has 0 fully saturated rings. The monoisotopic (exact) mass is 726 g/mol. The standard InChI is InChI=1S/C42H42N6O4S/c1-5-21-51-37-38(52-22-6-2)40(42(50)46-44-26-28-18-20-36-32(24-28)30-14-10-12-16-34(30)48(36)8-4)53-39(37)41(49)45-43-25-27-17-19-35-31(23-27)29-13-9-11-15-33(29)47(35)7-3/h9-20,23-26H,5-8,21-22H2,1-4H3,(H,45,49)(H,46,50)/b43-25+,44-26+. The van der Waals surface area contributed by atoms with E-state index in [0.29, 0.717) is 26.1 Å². The minimum absolute atomic E-state index is 0.190. The van der Waals surface area contributed by atoms with Crippen LogP contribution >= 0.6 is 11.3 Å². The van der Waals surface area contributed by atoms with Gasteiger partial charge in [-0.25, -0.2) is 10.9 Å². The van der Waals surface area contributed by atoms with Crippen LogP contribution in [-0.2, 0) is 13.1 Å². The molecule has 2 amide bonds. The van der Waals surface area contributed by atoms with Gasteiger partial charge in [0, 0.05) is 56.7 Å². The van der Waals surface area contributed by atoms with Gasteiger partial charge in [0.15, 0.2) is 11.5 Å². The minimum Gasteiger partial charge on any atom is -0.488 e. The largest absolute Gasteiger partial charge is 0.488 e. The first-order chi connectivity index (χ1) is 26.0. The average molecular weight is 727 g/mol. The number of ether oxygens (including phenoxy) is 2. The molecular formula is C42H42N6O4S. The molecule has 0 saturated heterocycles. The first kappa shape index (κ1) is 35.5. The molecule has 7 rings (SSSR count). The maximum Gasteiger partial charge on any atom is 0.285 e. The number of aryl methyl sites for hydroxylation is 2. The summed E-state index contributed by atoms with van der Waals surface area (Å²) in [6.45, 7) is 10.6. The Labute approximate surface area is 311 Å². The van der Waals surface area contributed by atoms with E-state index >= 15 is 0 Å². The van der Waals surface area contributed by atoms with Gasteiger partial charge in [-0.3, -0.25) is 9.59 Å². The summed E-state index contributed by atoms with van der Waals surface area (Å²) in [6.07, 6.45) is 4.63. The van der Waals surface area contributed by atoms with Crippen molar-refractivity contribution in [3.63, 3.8) is 0 Å². The number of hydrazone groups is 2. The molecule has 0 saturated carbocycles. The lowest BCUT2D eigenvalue weighted by molar-refractivity contribution is 0.0945. The van der Waals surface area contributed by atoms with Gasteiger partial charge in [0.05, 0.1) is 25.6 Å². The summed E-state index contributed by atoms with van der Waals surface area (Å²) < 4.78 is 16.7. The van der Waals surface area contributed by atoms with Crippen LogP contribution in [0.1, 0.15) is 71.0 Å². The zero-order chi connectivity index (χ0) is 36.9. The molecule has 10 nitrogen and oxygen atoms in total. The molecule has 7 aromatic rings. The highest BCUT2D eigenvalue weighted by Gasteiger charge is 2.29. The summed E-state index contributed by atoms with van der Waals surface area (Å²) in [5.41, 5.74) is 11.6. The molecule has 0 spiro atoms. The summed E-state index contributed by atoms with van der Waals surface area (Å²) in [5, 5.41) is 13.1.